The van der Waals surface area contributed by atoms with Crippen LogP contribution >= 0.6 is 0 Å². The van der Waals surface area contributed by atoms with E-state index >= 15 is 0 Å². The molecule has 1 aromatic carbocycles. The van der Waals surface area contributed by atoms with Gasteiger partial charge in [-0.2, -0.15) is 0 Å². The number of ether oxygens (including phenoxy) is 2. The highest BCUT2D eigenvalue weighted by molar-refractivity contribution is 5.41. The van der Waals surface area contributed by atoms with E-state index in [1.807, 2.05) is 25.1 Å². The highest BCUT2D eigenvalue weighted by Crippen LogP contribution is 2.27. The van der Waals surface area contributed by atoms with E-state index in [9.17, 15) is 5.11 Å². The van der Waals surface area contributed by atoms with E-state index in [1.54, 1.807) is 19.2 Å². The van der Waals surface area contributed by atoms with Crippen LogP contribution in [0.3, 0.4) is 0 Å². The Morgan fingerprint density at radius 2 is 2.12 bits per heavy atom. The molecule has 0 spiro atoms. The molecule has 0 saturated carbocycles. The molecule has 1 aromatic heterocycles. The summed E-state index contributed by atoms with van der Waals surface area (Å²) < 4.78 is 16.6. The van der Waals surface area contributed by atoms with Gasteiger partial charge in [-0.05, 0) is 49.6 Å². The number of methoxy groups -OCH3 is 1. The highest BCUT2D eigenvalue weighted by atomic mass is 16.5. The van der Waals surface area contributed by atoms with Crippen molar-refractivity contribution in [3.05, 3.63) is 47.4 Å². The number of aryl methyl sites for hydroxylation is 1. The molecule has 5 heteroatoms. The maximum atomic E-state index is 9.99. The first-order valence-electron chi connectivity index (χ1n) is 8.39. The van der Waals surface area contributed by atoms with Crippen molar-refractivity contribution in [2.24, 2.45) is 0 Å². The van der Waals surface area contributed by atoms with Crippen LogP contribution in [-0.2, 0) is 17.8 Å². The molecule has 1 atom stereocenters. The lowest BCUT2D eigenvalue weighted by Gasteiger charge is -2.24. The maximum Gasteiger partial charge on any atom is 0.160 e. The Morgan fingerprint density at radius 1 is 1.25 bits per heavy atom. The van der Waals surface area contributed by atoms with Gasteiger partial charge in [-0.3, -0.25) is 4.90 Å². The smallest absolute Gasteiger partial charge is 0.160 e. The summed E-state index contributed by atoms with van der Waals surface area (Å²) in [6, 6.07) is 9.54. The van der Waals surface area contributed by atoms with Gasteiger partial charge < -0.3 is 19.0 Å². The zero-order chi connectivity index (χ0) is 16.9. The lowest BCUT2D eigenvalue weighted by atomic mass is 10.1. The average Bonchev–Trinajstić information content (AvgIpc) is 3.19. The largest absolute Gasteiger partial charge is 0.504 e. The molecule has 0 radical (unpaired) electrons. The molecule has 1 unspecified atom stereocenters. The van der Waals surface area contributed by atoms with E-state index in [-0.39, 0.29) is 11.9 Å². The number of aromatic hydroxyl groups is 1. The third-order valence-electron chi connectivity index (χ3n) is 4.31. The van der Waals surface area contributed by atoms with Crippen LogP contribution in [0, 0.1) is 6.92 Å². The third kappa shape index (κ3) is 4.30. The molecule has 0 aliphatic carbocycles. The number of nitrogens with zero attached hydrogens (tertiary/aromatic N) is 1. The lowest BCUT2D eigenvalue weighted by molar-refractivity contribution is 0.0654. The summed E-state index contributed by atoms with van der Waals surface area (Å²) in [5.41, 5.74) is 1.04. The molecule has 1 fully saturated rings. The SMILES string of the molecule is COc1ccc(CN(Cc2ccc(C)o2)CC2CCCO2)cc1O. The molecule has 5 nitrogen and oxygen atoms in total. The van der Waals surface area contributed by atoms with Gasteiger partial charge in [-0.15, -0.1) is 0 Å². The summed E-state index contributed by atoms with van der Waals surface area (Å²) in [7, 11) is 1.55. The van der Waals surface area contributed by atoms with Gasteiger partial charge in [0.1, 0.15) is 11.5 Å². The van der Waals surface area contributed by atoms with Gasteiger partial charge in [0.25, 0.3) is 0 Å². The topological polar surface area (TPSA) is 55.1 Å². The zero-order valence-electron chi connectivity index (χ0n) is 14.3. The molecule has 1 saturated heterocycles. The van der Waals surface area contributed by atoms with E-state index in [4.69, 9.17) is 13.9 Å². The first-order valence-corrected chi connectivity index (χ1v) is 8.39. The van der Waals surface area contributed by atoms with E-state index in [2.05, 4.69) is 4.90 Å². The minimum Gasteiger partial charge on any atom is -0.504 e. The summed E-state index contributed by atoms with van der Waals surface area (Å²) >= 11 is 0. The number of furan rings is 1. The van der Waals surface area contributed by atoms with Gasteiger partial charge in [0.15, 0.2) is 11.5 Å². The Kier molecular flexibility index (Phi) is 5.43. The van der Waals surface area contributed by atoms with E-state index in [1.165, 1.54) is 0 Å². The number of phenols is 1. The van der Waals surface area contributed by atoms with E-state index < -0.39 is 0 Å². The van der Waals surface area contributed by atoms with Gasteiger partial charge in [-0.1, -0.05) is 6.07 Å². The molecule has 1 aliphatic rings. The molecular weight excluding hydrogens is 306 g/mol. The fourth-order valence-corrected chi connectivity index (χ4v) is 3.14. The number of hydrogen-bond donors (Lipinski definition) is 1. The molecule has 1 N–H and O–H groups in total. The second kappa shape index (κ2) is 7.73. The fraction of sp³-hybridized carbons (Fsp3) is 0.474. The summed E-state index contributed by atoms with van der Waals surface area (Å²) in [6.45, 7) is 5.10. The van der Waals surface area contributed by atoms with Crippen molar-refractivity contribution in [2.45, 2.75) is 39.0 Å². The quantitative estimate of drug-likeness (QED) is 0.842. The average molecular weight is 331 g/mol. The molecule has 1 aliphatic heterocycles. The molecular formula is C19H25NO4. The summed E-state index contributed by atoms with van der Waals surface area (Å²) in [5, 5.41) is 9.99. The Morgan fingerprint density at radius 3 is 2.75 bits per heavy atom. The number of phenolic OH excluding ortho intramolecular Hbond substituents is 1. The maximum absolute atomic E-state index is 9.99. The van der Waals surface area contributed by atoms with Crippen molar-refractivity contribution in [2.75, 3.05) is 20.3 Å². The fourth-order valence-electron chi connectivity index (χ4n) is 3.14. The standard InChI is InChI=1S/C19H25NO4/c1-14-5-7-17(24-14)13-20(12-16-4-3-9-23-16)11-15-6-8-19(22-2)18(21)10-15/h5-8,10,16,21H,3-4,9,11-13H2,1-2H3. The first-order chi connectivity index (χ1) is 11.6. The van der Waals surface area contributed by atoms with Crippen molar-refractivity contribution in [1.82, 2.24) is 4.90 Å². The van der Waals surface area contributed by atoms with Gasteiger partial charge in [0.2, 0.25) is 0 Å². The Labute approximate surface area is 142 Å². The van der Waals surface area contributed by atoms with Gasteiger partial charge in [0.05, 0.1) is 19.8 Å². The Bertz CT molecular complexity index is 661. The van der Waals surface area contributed by atoms with Crippen LogP contribution in [0.2, 0.25) is 0 Å². The molecule has 3 rings (SSSR count). The van der Waals surface area contributed by atoms with Crippen LogP contribution in [0.4, 0.5) is 0 Å². The number of hydrogen-bond acceptors (Lipinski definition) is 5. The zero-order valence-corrected chi connectivity index (χ0v) is 14.3. The Balaban J connectivity index is 1.71. The van der Waals surface area contributed by atoms with Gasteiger partial charge in [0, 0.05) is 19.7 Å². The van der Waals surface area contributed by atoms with Crippen LogP contribution in [0.1, 0.15) is 29.9 Å². The monoisotopic (exact) mass is 331 g/mol. The van der Waals surface area contributed by atoms with Crippen LogP contribution in [-0.4, -0.2) is 36.4 Å². The minimum atomic E-state index is 0.168. The van der Waals surface area contributed by atoms with Gasteiger partial charge in [-0.25, -0.2) is 0 Å². The minimum absolute atomic E-state index is 0.168. The van der Waals surface area contributed by atoms with Crippen LogP contribution in [0.5, 0.6) is 11.5 Å². The lowest BCUT2D eigenvalue weighted by Crippen LogP contribution is -2.31. The van der Waals surface area contributed by atoms with Gasteiger partial charge >= 0.3 is 0 Å². The summed E-state index contributed by atoms with van der Waals surface area (Å²) in [6.07, 6.45) is 2.50. The van der Waals surface area contributed by atoms with Crippen molar-refractivity contribution in [3.8, 4) is 11.5 Å². The molecule has 0 bridgehead atoms. The molecule has 2 aromatic rings. The second-order valence-electron chi connectivity index (χ2n) is 6.32. The first kappa shape index (κ1) is 16.9. The van der Waals surface area contributed by atoms with Crippen molar-refractivity contribution >= 4 is 0 Å². The van der Waals surface area contributed by atoms with Crippen molar-refractivity contribution < 1.29 is 19.0 Å². The van der Waals surface area contributed by atoms with Crippen LogP contribution < -0.4 is 4.74 Å². The molecule has 2 heterocycles. The summed E-state index contributed by atoms with van der Waals surface area (Å²) in [5.74, 6) is 2.53. The number of rotatable bonds is 7. The molecule has 130 valence electrons. The third-order valence-corrected chi connectivity index (χ3v) is 4.31. The van der Waals surface area contributed by atoms with Crippen molar-refractivity contribution in [3.63, 3.8) is 0 Å². The number of benzene rings is 1. The molecule has 24 heavy (non-hydrogen) atoms. The summed E-state index contributed by atoms with van der Waals surface area (Å²) in [4.78, 5) is 2.30. The highest BCUT2D eigenvalue weighted by Gasteiger charge is 2.20. The normalized spacial score (nSPS) is 17.5. The van der Waals surface area contributed by atoms with E-state index in [0.717, 1.165) is 56.2 Å². The predicted molar refractivity (Wildman–Crippen MR) is 91.2 cm³/mol. The molecule has 0 amide bonds. The predicted octanol–water partition coefficient (Wildman–Crippen LogP) is 3.48. The van der Waals surface area contributed by atoms with Crippen LogP contribution in [0.25, 0.3) is 0 Å². The second-order valence-corrected chi connectivity index (χ2v) is 6.32. The van der Waals surface area contributed by atoms with E-state index in [0.29, 0.717) is 5.75 Å². The van der Waals surface area contributed by atoms with Crippen molar-refractivity contribution in [1.29, 1.82) is 0 Å². The van der Waals surface area contributed by atoms with Crippen LogP contribution in [0.15, 0.2) is 34.7 Å². The Hall–Kier alpha value is -1.98.